The fraction of sp³-hybridized carbons (Fsp3) is 0.308. The lowest BCUT2D eigenvalue weighted by Crippen LogP contribution is -2.47. The lowest BCUT2D eigenvalue weighted by atomic mass is 10.0. The van der Waals surface area contributed by atoms with Crippen molar-refractivity contribution in [2.45, 2.75) is 19.9 Å². The van der Waals surface area contributed by atoms with Crippen LogP contribution in [0.2, 0.25) is 0 Å². The van der Waals surface area contributed by atoms with Crippen LogP contribution < -0.4 is 11.1 Å². The molecule has 6 nitrogen and oxygen atoms in total. The van der Waals surface area contributed by atoms with Gasteiger partial charge in [0.25, 0.3) is 5.91 Å². The van der Waals surface area contributed by atoms with Gasteiger partial charge in [0.1, 0.15) is 6.04 Å². The fourth-order valence-corrected chi connectivity index (χ4v) is 1.56. The summed E-state index contributed by atoms with van der Waals surface area (Å²) in [5, 5.41) is 11.3. The van der Waals surface area contributed by atoms with Gasteiger partial charge in [-0.1, -0.05) is 13.8 Å². The topological polar surface area (TPSA) is 109 Å². The quantitative estimate of drug-likeness (QED) is 0.724. The maximum absolute atomic E-state index is 11.9. The summed E-state index contributed by atoms with van der Waals surface area (Å²) in [5.74, 6) is -2.26. The van der Waals surface area contributed by atoms with E-state index in [0.717, 1.165) is 0 Å². The van der Waals surface area contributed by atoms with E-state index >= 15 is 0 Å². The molecule has 0 aliphatic heterocycles. The molecular formula is C13H16N2O4. The van der Waals surface area contributed by atoms with Crippen molar-refractivity contribution >= 4 is 17.8 Å². The summed E-state index contributed by atoms with van der Waals surface area (Å²) >= 11 is 0. The lowest BCUT2D eigenvalue weighted by molar-refractivity contribution is -0.120. The van der Waals surface area contributed by atoms with E-state index in [1.807, 2.05) is 0 Å². The van der Waals surface area contributed by atoms with Gasteiger partial charge >= 0.3 is 5.97 Å². The number of hydrogen-bond acceptors (Lipinski definition) is 3. The van der Waals surface area contributed by atoms with Crippen molar-refractivity contribution in [2.75, 3.05) is 0 Å². The zero-order chi connectivity index (χ0) is 14.6. The molecule has 1 aromatic carbocycles. The number of hydrogen-bond donors (Lipinski definition) is 3. The first-order valence-corrected chi connectivity index (χ1v) is 5.76. The van der Waals surface area contributed by atoms with Gasteiger partial charge in [-0.2, -0.15) is 0 Å². The standard InChI is InChI=1S/C13H16N2O4/c1-7(2)10(11(14)16)15-12(17)8-3-5-9(6-4-8)13(18)19/h3-7,10H,1-2H3,(H2,14,16)(H,15,17)(H,18,19). The smallest absolute Gasteiger partial charge is 0.335 e. The number of nitrogens with two attached hydrogens (primary N) is 1. The van der Waals surface area contributed by atoms with Crippen LogP contribution in [0.3, 0.4) is 0 Å². The van der Waals surface area contributed by atoms with Crippen LogP contribution in [0, 0.1) is 5.92 Å². The Balaban J connectivity index is 2.83. The molecule has 1 rings (SSSR count). The van der Waals surface area contributed by atoms with E-state index in [1.165, 1.54) is 24.3 Å². The molecule has 0 saturated heterocycles. The van der Waals surface area contributed by atoms with E-state index in [0.29, 0.717) is 0 Å². The molecule has 0 radical (unpaired) electrons. The van der Waals surface area contributed by atoms with Crippen LogP contribution in [0.25, 0.3) is 0 Å². The summed E-state index contributed by atoms with van der Waals surface area (Å²) in [5.41, 5.74) is 5.56. The average Bonchev–Trinajstić information content (AvgIpc) is 2.34. The van der Waals surface area contributed by atoms with Crippen molar-refractivity contribution in [3.8, 4) is 0 Å². The summed E-state index contributed by atoms with van der Waals surface area (Å²) in [4.78, 5) is 33.7. The van der Waals surface area contributed by atoms with Crippen LogP contribution in [-0.2, 0) is 4.79 Å². The molecule has 0 heterocycles. The highest BCUT2D eigenvalue weighted by atomic mass is 16.4. The number of carboxylic acid groups (broad SMARTS) is 1. The first kappa shape index (κ1) is 14.7. The number of rotatable bonds is 5. The van der Waals surface area contributed by atoms with Gasteiger partial charge in [0.2, 0.25) is 5.91 Å². The molecule has 1 unspecified atom stereocenters. The summed E-state index contributed by atoms with van der Waals surface area (Å²) in [7, 11) is 0. The third-order valence-corrected chi connectivity index (χ3v) is 2.65. The molecule has 1 aromatic rings. The minimum atomic E-state index is -1.07. The maximum Gasteiger partial charge on any atom is 0.335 e. The maximum atomic E-state index is 11.9. The van der Waals surface area contributed by atoms with Crippen LogP contribution in [0.15, 0.2) is 24.3 Å². The number of nitrogens with one attached hydrogen (secondary N) is 1. The molecule has 19 heavy (non-hydrogen) atoms. The Bertz CT molecular complexity index is 494. The number of carbonyl (C=O) groups is 3. The molecule has 6 heteroatoms. The van der Waals surface area contributed by atoms with Crippen molar-refractivity contribution in [3.05, 3.63) is 35.4 Å². The van der Waals surface area contributed by atoms with Crippen LogP contribution in [-0.4, -0.2) is 28.9 Å². The molecule has 0 bridgehead atoms. The van der Waals surface area contributed by atoms with Crippen molar-refractivity contribution in [1.82, 2.24) is 5.32 Å². The normalized spacial score (nSPS) is 11.9. The van der Waals surface area contributed by atoms with Crippen molar-refractivity contribution in [2.24, 2.45) is 11.7 Å². The summed E-state index contributed by atoms with van der Waals surface area (Å²) < 4.78 is 0. The third-order valence-electron chi connectivity index (χ3n) is 2.65. The largest absolute Gasteiger partial charge is 0.478 e. The molecule has 102 valence electrons. The van der Waals surface area contributed by atoms with Gasteiger partial charge in [-0.3, -0.25) is 9.59 Å². The van der Waals surface area contributed by atoms with E-state index < -0.39 is 23.8 Å². The van der Waals surface area contributed by atoms with Crippen LogP contribution >= 0.6 is 0 Å². The van der Waals surface area contributed by atoms with Gasteiger partial charge in [-0.05, 0) is 30.2 Å². The molecule has 2 amide bonds. The van der Waals surface area contributed by atoms with Gasteiger partial charge < -0.3 is 16.2 Å². The minimum Gasteiger partial charge on any atom is -0.478 e. The minimum absolute atomic E-state index is 0.0897. The first-order chi connectivity index (χ1) is 8.82. The van der Waals surface area contributed by atoms with Gasteiger partial charge in [0, 0.05) is 5.56 Å². The van der Waals surface area contributed by atoms with Crippen LogP contribution in [0.5, 0.6) is 0 Å². The van der Waals surface area contributed by atoms with Gasteiger partial charge in [0.05, 0.1) is 5.56 Å². The summed E-state index contributed by atoms with van der Waals surface area (Å²) in [6.45, 7) is 3.53. The molecule has 0 saturated carbocycles. The Morgan fingerprint density at radius 1 is 1.11 bits per heavy atom. The molecule has 0 aliphatic rings. The third kappa shape index (κ3) is 3.80. The number of amides is 2. The highest BCUT2D eigenvalue weighted by Gasteiger charge is 2.22. The van der Waals surface area contributed by atoms with Gasteiger partial charge in [-0.25, -0.2) is 4.79 Å². The Hall–Kier alpha value is -2.37. The second-order valence-electron chi connectivity index (χ2n) is 4.48. The number of carboxylic acids is 1. The monoisotopic (exact) mass is 264 g/mol. The number of primary amides is 1. The zero-order valence-electron chi connectivity index (χ0n) is 10.7. The molecule has 0 spiro atoms. The van der Waals surface area contributed by atoms with Gasteiger partial charge in [-0.15, -0.1) is 0 Å². The first-order valence-electron chi connectivity index (χ1n) is 5.76. The van der Waals surface area contributed by atoms with E-state index in [2.05, 4.69) is 5.32 Å². The molecule has 4 N–H and O–H groups in total. The lowest BCUT2D eigenvalue weighted by Gasteiger charge is -2.18. The van der Waals surface area contributed by atoms with E-state index in [1.54, 1.807) is 13.8 Å². The number of carbonyl (C=O) groups excluding carboxylic acids is 2. The second kappa shape index (κ2) is 5.99. The Morgan fingerprint density at radius 3 is 1.95 bits per heavy atom. The number of benzene rings is 1. The molecule has 0 fully saturated rings. The van der Waals surface area contributed by atoms with E-state index in [-0.39, 0.29) is 17.0 Å². The van der Waals surface area contributed by atoms with Crippen LogP contribution in [0.1, 0.15) is 34.6 Å². The predicted octanol–water partition coefficient (Wildman–Crippen LogP) is 0.624. The van der Waals surface area contributed by atoms with Crippen molar-refractivity contribution < 1.29 is 19.5 Å². The van der Waals surface area contributed by atoms with E-state index in [9.17, 15) is 14.4 Å². The highest BCUT2D eigenvalue weighted by molar-refractivity contribution is 5.98. The second-order valence-corrected chi connectivity index (χ2v) is 4.48. The summed E-state index contributed by atoms with van der Waals surface area (Å²) in [6.07, 6.45) is 0. The van der Waals surface area contributed by atoms with Crippen molar-refractivity contribution in [1.29, 1.82) is 0 Å². The van der Waals surface area contributed by atoms with Gasteiger partial charge in [0.15, 0.2) is 0 Å². The zero-order valence-corrected chi connectivity index (χ0v) is 10.7. The highest BCUT2D eigenvalue weighted by Crippen LogP contribution is 2.07. The number of aromatic carboxylic acids is 1. The molecule has 0 aromatic heterocycles. The Labute approximate surface area is 110 Å². The summed E-state index contributed by atoms with van der Waals surface area (Å²) in [6, 6.07) is 4.67. The predicted molar refractivity (Wildman–Crippen MR) is 68.7 cm³/mol. The van der Waals surface area contributed by atoms with Crippen molar-refractivity contribution in [3.63, 3.8) is 0 Å². The Kier molecular flexibility index (Phi) is 4.63. The molecular weight excluding hydrogens is 248 g/mol. The SMILES string of the molecule is CC(C)C(NC(=O)c1ccc(C(=O)O)cc1)C(N)=O. The molecule has 0 aliphatic carbocycles. The van der Waals surface area contributed by atoms with Crippen LogP contribution in [0.4, 0.5) is 0 Å². The molecule has 1 atom stereocenters. The fourth-order valence-electron chi connectivity index (χ4n) is 1.56. The average molecular weight is 264 g/mol. The Morgan fingerprint density at radius 2 is 1.58 bits per heavy atom. The van der Waals surface area contributed by atoms with E-state index in [4.69, 9.17) is 10.8 Å².